The minimum Gasteiger partial charge on any atom is -0.480 e. The van der Waals surface area contributed by atoms with Crippen LogP contribution in [-0.2, 0) is 16.1 Å². The molecule has 6 nitrogen and oxygen atoms in total. The van der Waals surface area contributed by atoms with E-state index < -0.39 is 5.97 Å². The number of likely N-dealkylation sites (tertiary alicyclic amines) is 1. The van der Waals surface area contributed by atoms with Crippen molar-refractivity contribution in [2.24, 2.45) is 0 Å². The molecule has 110 valence electrons. The Morgan fingerprint density at radius 1 is 1.40 bits per heavy atom. The zero-order valence-electron chi connectivity index (χ0n) is 11.6. The first-order chi connectivity index (χ1) is 9.61. The summed E-state index contributed by atoms with van der Waals surface area (Å²) in [5.41, 5.74) is 0.433. The number of rotatable bonds is 5. The van der Waals surface area contributed by atoms with Crippen LogP contribution in [0.5, 0.6) is 0 Å². The third-order valence-electron chi connectivity index (χ3n) is 3.49. The maximum absolute atomic E-state index is 12.4. The van der Waals surface area contributed by atoms with Crippen LogP contribution in [0.15, 0.2) is 18.3 Å². The van der Waals surface area contributed by atoms with Crippen molar-refractivity contribution in [2.45, 2.75) is 32.4 Å². The highest BCUT2D eigenvalue weighted by Gasteiger charge is 2.25. The predicted molar refractivity (Wildman–Crippen MR) is 72.6 cm³/mol. The molecule has 1 amide bonds. The molecule has 2 rings (SSSR count). The van der Waals surface area contributed by atoms with Crippen LogP contribution in [0.1, 0.15) is 30.3 Å². The van der Waals surface area contributed by atoms with E-state index in [-0.39, 0.29) is 18.6 Å². The van der Waals surface area contributed by atoms with Crippen molar-refractivity contribution in [1.29, 1.82) is 0 Å². The molecule has 1 saturated heterocycles. The van der Waals surface area contributed by atoms with Gasteiger partial charge in [0.05, 0.1) is 6.10 Å². The minimum absolute atomic E-state index is 0.105. The summed E-state index contributed by atoms with van der Waals surface area (Å²) in [6.07, 6.45) is 3.52. The van der Waals surface area contributed by atoms with Crippen LogP contribution in [0.3, 0.4) is 0 Å². The summed E-state index contributed by atoms with van der Waals surface area (Å²) in [6.45, 7) is 3.78. The lowest BCUT2D eigenvalue weighted by atomic mass is 10.1. The molecule has 0 aromatic carbocycles. The van der Waals surface area contributed by atoms with Gasteiger partial charge < -0.3 is 19.3 Å². The van der Waals surface area contributed by atoms with Crippen molar-refractivity contribution < 1.29 is 19.4 Å². The van der Waals surface area contributed by atoms with Gasteiger partial charge in [0, 0.05) is 25.9 Å². The molecule has 1 N–H and O–H groups in total. The molecule has 0 aliphatic carbocycles. The fraction of sp³-hybridized carbons (Fsp3) is 0.571. The van der Waals surface area contributed by atoms with Crippen molar-refractivity contribution in [3.8, 4) is 0 Å². The minimum atomic E-state index is -0.953. The Morgan fingerprint density at radius 3 is 2.70 bits per heavy atom. The molecule has 2 heterocycles. The summed E-state index contributed by atoms with van der Waals surface area (Å²) < 4.78 is 7.03. The Morgan fingerprint density at radius 2 is 2.10 bits per heavy atom. The molecule has 0 spiro atoms. The van der Waals surface area contributed by atoms with Crippen molar-refractivity contribution in [3.63, 3.8) is 0 Å². The third kappa shape index (κ3) is 3.39. The lowest BCUT2D eigenvalue weighted by Crippen LogP contribution is -2.41. The maximum Gasteiger partial charge on any atom is 0.323 e. The first-order valence-electron chi connectivity index (χ1n) is 6.89. The van der Waals surface area contributed by atoms with Crippen LogP contribution in [0, 0.1) is 0 Å². The van der Waals surface area contributed by atoms with Crippen molar-refractivity contribution >= 4 is 11.9 Å². The average Bonchev–Trinajstić information content (AvgIpc) is 2.86. The van der Waals surface area contributed by atoms with Gasteiger partial charge in [-0.15, -0.1) is 0 Å². The molecule has 1 aliphatic heterocycles. The predicted octanol–water partition coefficient (Wildman–Crippen LogP) is 1.21. The lowest BCUT2D eigenvalue weighted by Gasteiger charge is -2.31. The number of carbonyl (C=O) groups excluding carboxylic acids is 1. The van der Waals surface area contributed by atoms with Gasteiger partial charge in [0.1, 0.15) is 12.2 Å². The van der Waals surface area contributed by atoms with Crippen molar-refractivity contribution in [1.82, 2.24) is 9.47 Å². The van der Waals surface area contributed by atoms with Gasteiger partial charge in [-0.2, -0.15) is 0 Å². The summed E-state index contributed by atoms with van der Waals surface area (Å²) in [5.74, 6) is -1.06. The van der Waals surface area contributed by atoms with E-state index in [0.717, 1.165) is 12.8 Å². The number of aliphatic carboxylic acids is 1. The zero-order chi connectivity index (χ0) is 14.5. The highest BCUT2D eigenvalue weighted by atomic mass is 16.5. The number of ether oxygens (including phenoxy) is 1. The molecule has 0 atom stereocenters. The maximum atomic E-state index is 12.4. The highest BCUT2D eigenvalue weighted by molar-refractivity contribution is 5.93. The van der Waals surface area contributed by atoms with Crippen molar-refractivity contribution in [2.75, 3.05) is 19.7 Å². The van der Waals surface area contributed by atoms with Crippen molar-refractivity contribution in [3.05, 3.63) is 24.0 Å². The Hall–Kier alpha value is -1.82. The molecule has 1 aromatic heterocycles. The van der Waals surface area contributed by atoms with E-state index in [0.29, 0.717) is 25.4 Å². The second-order valence-electron chi connectivity index (χ2n) is 4.86. The summed E-state index contributed by atoms with van der Waals surface area (Å²) in [7, 11) is 0. The number of hydrogen-bond donors (Lipinski definition) is 1. The van der Waals surface area contributed by atoms with E-state index in [1.807, 2.05) is 6.92 Å². The van der Waals surface area contributed by atoms with Crippen LogP contribution < -0.4 is 0 Å². The van der Waals surface area contributed by atoms with Crippen LogP contribution in [0.2, 0.25) is 0 Å². The highest BCUT2D eigenvalue weighted by Crippen LogP contribution is 2.16. The van der Waals surface area contributed by atoms with Crippen LogP contribution in [-0.4, -0.2) is 52.3 Å². The average molecular weight is 280 g/mol. The second-order valence-corrected chi connectivity index (χ2v) is 4.86. The Kier molecular flexibility index (Phi) is 4.79. The van der Waals surface area contributed by atoms with Gasteiger partial charge >= 0.3 is 5.97 Å². The fourth-order valence-electron chi connectivity index (χ4n) is 2.52. The zero-order valence-corrected chi connectivity index (χ0v) is 11.6. The van der Waals surface area contributed by atoms with Crippen LogP contribution >= 0.6 is 0 Å². The topological polar surface area (TPSA) is 71.8 Å². The van der Waals surface area contributed by atoms with Crippen LogP contribution in [0.4, 0.5) is 0 Å². The monoisotopic (exact) mass is 280 g/mol. The molecule has 20 heavy (non-hydrogen) atoms. The van der Waals surface area contributed by atoms with E-state index in [2.05, 4.69) is 0 Å². The van der Waals surface area contributed by atoms with Gasteiger partial charge in [0.25, 0.3) is 5.91 Å². The quantitative estimate of drug-likeness (QED) is 0.880. The van der Waals surface area contributed by atoms with E-state index >= 15 is 0 Å². The summed E-state index contributed by atoms with van der Waals surface area (Å²) in [4.78, 5) is 24.9. The normalized spacial score (nSPS) is 16.4. The van der Waals surface area contributed by atoms with Gasteiger partial charge in [-0.1, -0.05) is 0 Å². The summed E-state index contributed by atoms with van der Waals surface area (Å²) in [5, 5.41) is 8.83. The third-order valence-corrected chi connectivity index (χ3v) is 3.49. The SMILES string of the molecule is CCOC1CCN(C(=O)c2cccn2CC(=O)O)CC1. The summed E-state index contributed by atoms with van der Waals surface area (Å²) in [6, 6.07) is 3.36. The molecule has 1 fully saturated rings. The van der Waals surface area contributed by atoms with Gasteiger partial charge in [-0.3, -0.25) is 9.59 Å². The number of hydrogen-bond acceptors (Lipinski definition) is 3. The van der Waals surface area contributed by atoms with Gasteiger partial charge in [0.2, 0.25) is 0 Å². The number of piperidine rings is 1. The smallest absolute Gasteiger partial charge is 0.323 e. The van der Waals surface area contributed by atoms with Gasteiger partial charge in [-0.05, 0) is 31.9 Å². The number of aromatic nitrogens is 1. The molecule has 1 aromatic rings. The fourth-order valence-corrected chi connectivity index (χ4v) is 2.52. The second kappa shape index (κ2) is 6.56. The molecule has 6 heteroatoms. The Balaban J connectivity index is 1.98. The van der Waals surface area contributed by atoms with E-state index in [1.165, 1.54) is 4.57 Å². The molecule has 0 radical (unpaired) electrons. The number of carboxylic acid groups (broad SMARTS) is 1. The van der Waals surface area contributed by atoms with E-state index in [1.54, 1.807) is 23.2 Å². The Bertz CT molecular complexity index is 475. The van der Waals surface area contributed by atoms with Gasteiger partial charge in [-0.25, -0.2) is 0 Å². The first-order valence-corrected chi connectivity index (χ1v) is 6.89. The molecular weight excluding hydrogens is 260 g/mol. The molecular formula is C14H20N2O4. The number of nitrogens with zero attached hydrogens (tertiary/aromatic N) is 2. The number of carboxylic acids is 1. The van der Waals surface area contributed by atoms with Crippen LogP contribution in [0.25, 0.3) is 0 Å². The molecule has 0 bridgehead atoms. The standard InChI is InChI=1S/C14H20N2O4/c1-2-20-11-5-8-15(9-6-11)14(19)12-4-3-7-16(12)10-13(17)18/h3-4,7,11H,2,5-6,8-10H2,1H3,(H,17,18). The number of carbonyl (C=O) groups is 2. The lowest BCUT2D eigenvalue weighted by molar-refractivity contribution is -0.137. The Labute approximate surface area is 117 Å². The van der Waals surface area contributed by atoms with E-state index in [9.17, 15) is 9.59 Å². The molecule has 0 saturated carbocycles. The largest absolute Gasteiger partial charge is 0.480 e. The van der Waals surface area contributed by atoms with Gasteiger partial charge in [0.15, 0.2) is 0 Å². The summed E-state index contributed by atoms with van der Waals surface area (Å²) >= 11 is 0. The molecule has 1 aliphatic rings. The number of amides is 1. The van der Waals surface area contributed by atoms with E-state index in [4.69, 9.17) is 9.84 Å². The molecule has 0 unspecified atom stereocenters. The first kappa shape index (κ1) is 14.6.